The van der Waals surface area contributed by atoms with Crippen molar-refractivity contribution in [2.24, 2.45) is 0 Å². The van der Waals surface area contributed by atoms with Crippen LogP contribution in [0.15, 0.2) is 34.9 Å². The van der Waals surface area contributed by atoms with Crippen LogP contribution >= 0.6 is 11.3 Å². The van der Waals surface area contributed by atoms with Gasteiger partial charge in [-0.25, -0.2) is 4.98 Å². The summed E-state index contributed by atoms with van der Waals surface area (Å²) in [5.41, 5.74) is 2.93. The quantitative estimate of drug-likeness (QED) is 0.775. The topological polar surface area (TPSA) is 98.6 Å². The first-order valence-corrected chi connectivity index (χ1v) is 8.32. The summed E-state index contributed by atoms with van der Waals surface area (Å²) in [4.78, 5) is 7.44. The van der Waals surface area contributed by atoms with Gasteiger partial charge in [-0.1, -0.05) is 12.1 Å². The van der Waals surface area contributed by atoms with Gasteiger partial charge in [0.1, 0.15) is 6.07 Å². The highest BCUT2D eigenvalue weighted by Crippen LogP contribution is 2.27. The first-order valence-electron chi connectivity index (χ1n) is 5.96. The SMILES string of the molecule is Cc1scnc1S(=O)(=O)Nc1cccc2c(C#N)c[nH]c12. The number of aromatic nitrogens is 2. The Labute approximate surface area is 125 Å². The van der Waals surface area contributed by atoms with E-state index in [-0.39, 0.29) is 5.03 Å². The van der Waals surface area contributed by atoms with Crippen molar-refractivity contribution in [3.05, 3.63) is 40.3 Å². The van der Waals surface area contributed by atoms with Crippen LogP contribution in [0.25, 0.3) is 10.9 Å². The van der Waals surface area contributed by atoms with E-state index >= 15 is 0 Å². The van der Waals surface area contributed by atoms with E-state index in [2.05, 4.69) is 20.8 Å². The van der Waals surface area contributed by atoms with Gasteiger partial charge in [-0.2, -0.15) is 13.7 Å². The number of hydrogen-bond acceptors (Lipinski definition) is 5. The highest BCUT2D eigenvalue weighted by molar-refractivity contribution is 7.92. The van der Waals surface area contributed by atoms with Crippen LogP contribution in [0.1, 0.15) is 10.4 Å². The van der Waals surface area contributed by atoms with E-state index in [1.165, 1.54) is 16.8 Å². The average molecular weight is 318 g/mol. The van der Waals surface area contributed by atoms with E-state index < -0.39 is 10.0 Å². The summed E-state index contributed by atoms with van der Waals surface area (Å²) in [6, 6.07) is 7.15. The zero-order valence-corrected chi connectivity index (χ0v) is 12.5. The molecular formula is C13H10N4O2S2. The molecule has 2 N–H and O–H groups in total. The molecule has 8 heteroatoms. The standard InChI is InChI=1S/C13H10N4O2S2/c1-8-13(16-7-20-8)21(18,19)17-11-4-2-3-10-9(5-14)6-15-12(10)11/h2-4,6-7,15,17H,1H3. The van der Waals surface area contributed by atoms with Gasteiger partial charge in [0.05, 0.1) is 22.3 Å². The number of thiazole rings is 1. The Morgan fingerprint density at radius 1 is 1.43 bits per heavy atom. The fraction of sp³-hybridized carbons (Fsp3) is 0.0769. The lowest BCUT2D eigenvalue weighted by atomic mass is 10.2. The second-order valence-corrected chi connectivity index (χ2v) is 7.02. The van der Waals surface area contributed by atoms with E-state index in [1.807, 2.05) is 0 Å². The molecule has 0 saturated carbocycles. The summed E-state index contributed by atoms with van der Waals surface area (Å²) in [6.45, 7) is 1.70. The zero-order chi connectivity index (χ0) is 15.0. The van der Waals surface area contributed by atoms with Crippen molar-refractivity contribution in [1.82, 2.24) is 9.97 Å². The number of para-hydroxylation sites is 1. The smallest absolute Gasteiger partial charge is 0.280 e. The molecule has 0 aliphatic carbocycles. The number of sulfonamides is 1. The molecular weight excluding hydrogens is 308 g/mol. The number of hydrogen-bond donors (Lipinski definition) is 2. The third kappa shape index (κ3) is 2.26. The number of nitrogens with zero attached hydrogens (tertiary/aromatic N) is 2. The Bertz CT molecular complexity index is 964. The van der Waals surface area contributed by atoms with Crippen molar-refractivity contribution in [3.8, 4) is 6.07 Å². The lowest BCUT2D eigenvalue weighted by Gasteiger charge is -2.07. The lowest BCUT2D eigenvalue weighted by Crippen LogP contribution is -2.14. The number of rotatable bonds is 3. The molecule has 0 aliphatic heterocycles. The lowest BCUT2D eigenvalue weighted by molar-refractivity contribution is 0.598. The van der Waals surface area contributed by atoms with Crippen molar-refractivity contribution in [3.63, 3.8) is 0 Å². The molecule has 2 heterocycles. The van der Waals surface area contributed by atoms with Crippen LogP contribution in [-0.2, 0) is 10.0 Å². The highest BCUT2D eigenvalue weighted by atomic mass is 32.2. The molecule has 0 radical (unpaired) electrons. The van der Waals surface area contributed by atoms with Crippen molar-refractivity contribution in [1.29, 1.82) is 5.26 Å². The fourth-order valence-electron chi connectivity index (χ4n) is 2.08. The van der Waals surface area contributed by atoms with Crippen LogP contribution in [0.5, 0.6) is 0 Å². The van der Waals surface area contributed by atoms with E-state index in [9.17, 15) is 8.42 Å². The van der Waals surface area contributed by atoms with Crippen LogP contribution in [-0.4, -0.2) is 18.4 Å². The van der Waals surface area contributed by atoms with E-state index in [0.717, 1.165) is 0 Å². The van der Waals surface area contributed by atoms with Crippen LogP contribution in [0.2, 0.25) is 0 Å². The van der Waals surface area contributed by atoms with Crippen LogP contribution in [0.3, 0.4) is 0 Å². The Kier molecular flexibility index (Phi) is 3.16. The number of aromatic amines is 1. The highest BCUT2D eigenvalue weighted by Gasteiger charge is 2.21. The number of anilines is 1. The third-order valence-electron chi connectivity index (χ3n) is 3.04. The van der Waals surface area contributed by atoms with Gasteiger partial charge in [0.15, 0.2) is 5.03 Å². The van der Waals surface area contributed by atoms with Gasteiger partial charge >= 0.3 is 0 Å². The average Bonchev–Trinajstić information content (AvgIpc) is 3.05. The van der Waals surface area contributed by atoms with Crippen LogP contribution in [0.4, 0.5) is 5.69 Å². The maximum Gasteiger partial charge on any atom is 0.280 e. The number of nitrogens with one attached hydrogen (secondary N) is 2. The number of nitriles is 1. The molecule has 3 rings (SSSR count). The molecule has 0 aliphatic rings. The third-order valence-corrected chi connectivity index (χ3v) is 5.33. The Morgan fingerprint density at radius 2 is 2.24 bits per heavy atom. The van der Waals surface area contributed by atoms with Crippen molar-refractivity contribution in [2.45, 2.75) is 11.9 Å². The molecule has 6 nitrogen and oxygen atoms in total. The van der Waals surface area contributed by atoms with Gasteiger partial charge in [-0.3, -0.25) is 4.72 Å². The van der Waals surface area contributed by atoms with Crippen molar-refractivity contribution < 1.29 is 8.42 Å². The molecule has 0 spiro atoms. The Hall–Kier alpha value is -2.37. The number of benzene rings is 1. The maximum atomic E-state index is 12.4. The van der Waals surface area contributed by atoms with Gasteiger partial charge in [-0.05, 0) is 13.0 Å². The van der Waals surface area contributed by atoms with E-state index in [0.29, 0.717) is 27.0 Å². The predicted octanol–water partition coefficient (Wildman–Crippen LogP) is 2.61. The van der Waals surface area contributed by atoms with Crippen molar-refractivity contribution >= 4 is 38.0 Å². The predicted molar refractivity (Wildman–Crippen MR) is 80.7 cm³/mol. The molecule has 106 valence electrons. The Balaban J connectivity index is 2.09. The molecule has 0 amide bonds. The molecule has 0 bridgehead atoms. The minimum Gasteiger partial charge on any atom is -0.358 e. The molecule has 21 heavy (non-hydrogen) atoms. The largest absolute Gasteiger partial charge is 0.358 e. The summed E-state index contributed by atoms with van der Waals surface area (Å²) in [5, 5.41) is 9.72. The molecule has 0 atom stereocenters. The summed E-state index contributed by atoms with van der Waals surface area (Å²) < 4.78 is 27.2. The summed E-state index contributed by atoms with van der Waals surface area (Å²) in [6.07, 6.45) is 1.55. The van der Waals surface area contributed by atoms with Crippen LogP contribution < -0.4 is 4.72 Å². The summed E-state index contributed by atoms with van der Waals surface area (Å²) >= 11 is 1.27. The first kappa shape index (κ1) is 13.6. The molecule has 1 aromatic carbocycles. The normalized spacial score (nSPS) is 11.4. The van der Waals surface area contributed by atoms with Gasteiger partial charge in [-0.15, -0.1) is 11.3 Å². The molecule has 0 fully saturated rings. The minimum absolute atomic E-state index is 0.0246. The fourth-order valence-corrected chi connectivity index (χ4v) is 4.21. The van der Waals surface area contributed by atoms with Gasteiger partial charge in [0.25, 0.3) is 10.0 Å². The second-order valence-electron chi connectivity index (χ2n) is 4.36. The summed E-state index contributed by atoms with van der Waals surface area (Å²) in [7, 11) is -3.74. The summed E-state index contributed by atoms with van der Waals surface area (Å²) in [5.74, 6) is 0. The number of H-pyrrole nitrogens is 1. The number of fused-ring (bicyclic) bond motifs is 1. The molecule has 0 saturated heterocycles. The monoisotopic (exact) mass is 318 g/mol. The zero-order valence-electron chi connectivity index (χ0n) is 10.9. The van der Waals surface area contributed by atoms with Crippen LogP contribution in [0, 0.1) is 18.3 Å². The molecule has 3 aromatic rings. The second kappa shape index (κ2) is 4.87. The van der Waals surface area contributed by atoms with E-state index in [1.54, 1.807) is 31.3 Å². The van der Waals surface area contributed by atoms with E-state index in [4.69, 9.17) is 5.26 Å². The minimum atomic E-state index is -3.74. The maximum absolute atomic E-state index is 12.4. The Morgan fingerprint density at radius 3 is 2.90 bits per heavy atom. The first-order chi connectivity index (χ1) is 10.0. The van der Waals surface area contributed by atoms with Gasteiger partial charge in [0, 0.05) is 16.5 Å². The molecule has 2 aromatic heterocycles. The number of aryl methyl sites for hydroxylation is 1. The van der Waals surface area contributed by atoms with Gasteiger partial charge in [0.2, 0.25) is 0 Å². The molecule has 0 unspecified atom stereocenters. The van der Waals surface area contributed by atoms with Crippen molar-refractivity contribution in [2.75, 3.05) is 4.72 Å². The van der Waals surface area contributed by atoms with Gasteiger partial charge < -0.3 is 4.98 Å².